The number of pyridine rings is 1. The smallest absolute Gasteiger partial charge is 0.261 e. The highest BCUT2D eigenvalue weighted by molar-refractivity contribution is 7.99. The lowest BCUT2D eigenvalue weighted by atomic mass is 10.3. The summed E-state index contributed by atoms with van der Waals surface area (Å²) in [5.41, 5.74) is 0.376. The van der Waals surface area contributed by atoms with Crippen molar-refractivity contribution in [1.29, 1.82) is 0 Å². The van der Waals surface area contributed by atoms with Crippen LogP contribution in [-0.4, -0.2) is 20.2 Å². The molecule has 0 saturated heterocycles. The van der Waals surface area contributed by atoms with Gasteiger partial charge in [-0.3, -0.25) is 4.79 Å². The van der Waals surface area contributed by atoms with Crippen molar-refractivity contribution in [3.63, 3.8) is 0 Å². The van der Waals surface area contributed by atoms with Crippen LogP contribution in [-0.2, 0) is 0 Å². The number of aromatic amines is 1. The van der Waals surface area contributed by atoms with Crippen LogP contribution in [0.25, 0.3) is 11.0 Å². The van der Waals surface area contributed by atoms with Crippen molar-refractivity contribution in [2.24, 2.45) is 0 Å². The zero-order valence-electron chi connectivity index (χ0n) is 8.52. The van der Waals surface area contributed by atoms with Gasteiger partial charge >= 0.3 is 0 Å². The number of hydrogen-bond donors (Lipinski definition) is 1. The van der Waals surface area contributed by atoms with Gasteiger partial charge in [0.2, 0.25) is 0 Å². The normalized spacial score (nSPS) is 11.1. The highest BCUT2D eigenvalue weighted by Crippen LogP contribution is 2.18. The molecule has 15 heavy (non-hydrogen) atoms. The zero-order valence-corrected chi connectivity index (χ0v) is 9.34. The van der Waals surface area contributed by atoms with Crippen molar-refractivity contribution < 1.29 is 0 Å². The Morgan fingerprint density at radius 1 is 1.47 bits per heavy atom. The number of nitrogens with zero attached hydrogens (tertiary/aromatic N) is 2. The first-order valence-electron chi connectivity index (χ1n) is 4.68. The van der Waals surface area contributed by atoms with E-state index in [1.54, 1.807) is 18.3 Å². The standard InChI is InChI=1S/C10H11N3OS/c1-6(2)15-10-12-8-7(9(14)13-10)4-3-5-11-8/h3-6H,1-2H3,(H,11,12,13,14). The van der Waals surface area contributed by atoms with Gasteiger partial charge in [-0.25, -0.2) is 9.97 Å². The van der Waals surface area contributed by atoms with Gasteiger partial charge in [-0.15, -0.1) is 0 Å². The maximum Gasteiger partial charge on any atom is 0.261 e. The van der Waals surface area contributed by atoms with E-state index in [0.29, 0.717) is 21.4 Å². The first kappa shape index (κ1) is 10.2. The van der Waals surface area contributed by atoms with Gasteiger partial charge in [-0.05, 0) is 12.1 Å². The van der Waals surface area contributed by atoms with Crippen LogP contribution in [0.3, 0.4) is 0 Å². The van der Waals surface area contributed by atoms with E-state index in [9.17, 15) is 4.79 Å². The maximum atomic E-state index is 11.6. The number of fused-ring (bicyclic) bond motifs is 1. The minimum Gasteiger partial charge on any atom is -0.301 e. The van der Waals surface area contributed by atoms with Crippen molar-refractivity contribution in [3.8, 4) is 0 Å². The fourth-order valence-corrected chi connectivity index (χ4v) is 1.97. The Bertz CT molecular complexity index is 535. The number of thioether (sulfide) groups is 1. The van der Waals surface area contributed by atoms with Crippen molar-refractivity contribution in [2.75, 3.05) is 0 Å². The lowest BCUT2D eigenvalue weighted by Gasteiger charge is -2.03. The molecule has 0 spiro atoms. The summed E-state index contributed by atoms with van der Waals surface area (Å²) in [6.07, 6.45) is 1.64. The van der Waals surface area contributed by atoms with E-state index in [2.05, 4.69) is 15.0 Å². The SMILES string of the molecule is CC(C)Sc1nc2ncccc2c(=O)[nH]1. The Morgan fingerprint density at radius 2 is 2.27 bits per heavy atom. The molecule has 2 rings (SSSR count). The molecule has 0 aliphatic carbocycles. The number of hydrogen-bond acceptors (Lipinski definition) is 4. The quantitative estimate of drug-likeness (QED) is 0.620. The van der Waals surface area contributed by atoms with Crippen LogP contribution in [0.1, 0.15) is 13.8 Å². The summed E-state index contributed by atoms with van der Waals surface area (Å²) < 4.78 is 0. The van der Waals surface area contributed by atoms with Gasteiger partial charge in [0.25, 0.3) is 5.56 Å². The Labute approximate surface area is 91.2 Å². The van der Waals surface area contributed by atoms with Gasteiger partial charge in [-0.1, -0.05) is 25.6 Å². The molecule has 0 saturated carbocycles. The Hall–Kier alpha value is -1.36. The lowest BCUT2D eigenvalue weighted by molar-refractivity contribution is 0.949. The van der Waals surface area contributed by atoms with Crippen LogP contribution in [0.5, 0.6) is 0 Å². The molecule has 0 bridgehead atoms. The first-order valence-corrected chi connectivity index (χ1v) is 5.56. The van der Waals surface area contributed by atoms with Gasteiger partial charge in [0.05, 0.1) is 5.39 Å². The van der Waals surface area contributed by atoms with Crippen LogP contribution < -0.4 is 5.56 Å². The molecule has 0 amide bonds. The number of nitrogens with one attached hydrogen (secondary N) is 1. The van der Waals surface area contributed by atoms with Crippen molar-refractivity contribution in [2.45, 2.75) is 24.3 Å². The molecule has 0 aliphatic rings. The second kappa shape index (κ2) is 4.02. The topological polar surface area (TPSA) is 58.6 Å². The number of rotatable bonds is 2. The maximum absolute atomic E-state index is 11.6. The highest BCUT2D eigenvalue weighted by atomic mass is 32.2. The molecule has 1 N–H and O–H groups in total. The molecule has 4 nitrogen and oxygen atoms in total. The number of aromatic nitrogens is 3. The largest absolute Gasteiger partial charge is 0.301 e. The monoisotopic (exact) mass is 221 g/mol. The first-order chi connectivity index (χ1) is 7.16. The average molecular weight is 221 g/mol. The van der Waals surface area contributed by atoms with Crippen LogP contribution in [0, 0.1) is 0 Å². The van der Waals surface area contributed by atoms with Crippen molar-refractivity contribution >= 4 is 22.8 Å². The molecule has 2 aromatic rings. The summed E-state index contributed by atoms with van der Waals surface area (Å²) in [5.74, 6) is 0. The van der Waals surface area contributed by atoms with Gasteiger partial charge in [-0.2, -0.15) is 0 Å². The minimum atomic E-state index is -0.128. The van der Waals surface area contributed by atoms with Crippen LogP contribution >= 0.6 is 11.8 Å². The predicted molar refractivity (Wildman–Crippen MR) is 61.2 cm³/mol. The van der Waals surface area contributed by atoms with E-state index in [1.165, 1.54) is 11.8 Å². The van der Waals surface area contributed by atoms with Gasteiger partial charge < -0.3 is 4.98 Å². The Balaban J connectivity index is 2.57. The average Bonchev–Trinajstić information content (AvgIpc) is 2.16. The summed E-state index contributed by atoms with van der Waals surface area (Å²) in [4.78, 5) is 22.7. The van der Waals surface area contributed by atoms with Gasteiger partial charge in [0, 0.05) is 11.4 Å². The molecule has 2 heterocycles. The summed E-state index contributed by atoms with van der Waals surface area (Å²) in [6.45, 7) is 4.10. The molecule has 0 aliphatic heterocycles. The Morgan fingerprint density at radius 3 is 3.00 bits per heavy atom. The molecule has 0 atom stereocenters. The third kappa shape index (κ3) is 2.18. The van der Waals surface area contributed by atoms with E-state index in [0.717, 1.165) is 0 Å². The van der Waals surface area contributed by atoms with E-state index in [4.69, 9.17) is 0 Å². The van der Waals surface area contributed by atoms with E-state index in [1.807, 2.05) is 13.8 Å². The predicted octanol–water partition coefficient (Wildman–Crippen LogP) is 1.82. The van der Waals surface area contributed by atoms with E-state index >= 15 is 0 Å². The fraction of sp³-hybridized carbons (Fsp3) is 0.300. The second-order valence-corrected chi connectivity index (χ2v) is 4.98. The summed E-state index contributed by atoms with van der Waals surface area (Å²) in [5, 5.41) is 1.54. The molecule has 0 fully saturated rings. The lowest BCUT2D eigenvalue weighted by Crippen LogP contribution is -2.10. The molecular formula is C10H11N3OS. The van der Waals surface area contributed by atoms with Crippen LogP contribution in [0.15, 0.2) is 28.3 Å². The summed E-state index contributed by atoms with van der Waals surface area (Å²) in [7, 11) is 0. The third-order valence-corrected chi connectivity index (χ3v) is 2.69. The van der Waals surface area contributed by atoms with Crippen molar-refractivity contribution in [3.05, 3.63) is 28.7 Å². The van der Waals surface area contributed by atoms with Crippen LogP contribution in [0.4, 0.5) is 0 Å². The van der Waals surface area contributed by atoms with E-state index in [-0.39, 0.29) is 5.56 Å². The van der Waals surface area contributed by atoms with E-state index < -0.39 is 0 Å². The molecular weight excluding hydrogens is 210 g/mol. The minimum absolute atomic E-state index is 0.128. The molecule has 0 aromatic carbocycles. The van der Waals surface area contributed by atoms with Crippen molar-refractivity contribution in [1.82, 2.24) is 15.0 Å². The Kier molecular flexibility index (Phi) is 2.73. The molecule has 78 valence electrons. The second-order valence-electron chi connectivity index (χ2n) is 3.41. The number of H-pyrrole nitrogens is 1. The van der Waals surface area contributed by atoms with Gasteiger partial charge in [0.1, 0.15) is 0 Å². The summed E-state index contributed by atoms with van der Waals surface area (Å²) in [6, 6.07) is 3.45. The molecule has 2 aromatic heterocycles. The molecule has 0 unspecified atom stereocenters. The third-order valence-electron chi connectivity index (χ3n) is 1.81. The van der Waals surface area contributed by atoms with Crippen LogP contribution in [0.2, 0.25) is 0 Å². The molecule has 0 radical (unpaired) electrons. The van der Waals surface area contributed by atoms with Gasteiger partial charge in [0.15, 0.2) is 10.8 Å². The summed E-state index contributed by atoms with van der Waals surface area (Å²) >= 11 is 1.52. The highest BCUT2D eigenvalue weighted by Gasteiger charge is 2.05. The zero-order chi connectivity index (χ0) is 10.8. The fourth-order valence-electron chi connectivity index (χ4n) is 1.23. The molecule has 5 heteroatoms.